The van der Waals surface area contributed by atoms with Crippen LogP contribution in [0.25, 0.3) is 0 Å². The number of nitrogens with one attached hydrogen (secondary N) is 1. The van der Waals surface area contributed by atoms with E-state index in [-0.39, 0.29) is 18.0 Å². The van der Waals surface area contributed by atoms with Crippen LogP contribution >= 0.6 is 0 Å². The van der Waals surface area contributed by atoms with Gasteiger partial charge in [0.25, 0.3) is 0 Å². The van der Waals surface area contributed by atoms with Crippen LogP contribution in [-0.4, -0.2) is 24.7 Å². The zero-order chi connectivity index (χ0) is 15.9. The number of ether oxygens (including phenoxy) is 1. The predicted molar refractivity (Wildman–Crippen MR) is 88.4 cm³/mol. The van der Waals surface area contributed by atoms with Crippen molar-refractivity contribution in [1.29, 1.82) is 0 Å². The van der Waals surface area contributed by atoms with Gasteiger partial charge in [-0.3, -0.25) is 4.79 Å². The van der Waals surface area contributed by atoms with Gasteiger partial charge in [-0.25, -0.2) is 0 Å². The number of esters is 1. The van der Waals surface area contributed by atoms with Crippen LogP contribution in [0.2, 0.25) is 0 Å². The van der Waals surface area contributed by atoms with Gasteiger partial charge >= 0.3 is 5.97 Å². The van der Waals surface area contributed by atoms with Gasteiger partial charge in [0.05, 0.1) is 5.92 Å². The smallest absolute Gasteiger partial charge is 0.310 e. The first-order valence-electron chi connectivity index (χ1n) is 9.06. The van der Waals surface area contributed by atoms with Gasteiger partial charge < -0.3 is 10.1 Å². The van der Waals surface area contributed by atoms with E-state index >= 15 is 0 Å². The first kappa shape index (κ1) is 16.0. The molecule has 124 valence electrons. The second-order valence-electron chi connectivity index (χ2n) is 8.12. The Labute approximate surface area is 134 Å². The van der Waals surface area contributed by atoms with Crippen LogP contribution in [-0.2, 0) is 9.53 Å². The first-order chi connectivity index (χ1) is 10.4. The molecule has 1 heterocycles. The average molecular weight is 305 g/mol. The molecule has 6 atom stereocenters. The molecule has 0 amide bonds. The third-order valence-electron chi connectivity index (χ3n) is 6.62. The van der Waals surface area contributed by atoms with E-state index in [2.05, 4.69) is 32.7 Å². The summed E-state index contributed by atoms with van der Waals surface area (Å²) in [7, 11) is 0. The highest BCUT2D eigenvalue weighted by Crippen LogP contribution is 2.56. The molecule has 0 spiro atoms. The minimum absolute atomic E-state index is 0.0265. The lowest BCUT2D eigenvalue weighted by atomic mass is 9.55. The van der Waals surface area contributed by atoms with E-state index in [1.807, 2.05) is 0 Å². The van der Waals surface area contributed by atoms with Crippen molar-refractivity contribution in [3.05, 3.63) is 12.2 Å². The molecule has 1 aliphatic heterocycles. The fourth-order valence-corrected chi connectivity index (χ4v) is 4.96. The van der Waals surface area contributed by atoms with Gasteiger partial charge in [0, 0.05) is 18.5 Å². The van der Waals surface area contributed by atoms with Crippen molar-refractivity contribution < 1.29 is 9.53 Å². The van der Waals surface area contributed by atoms with Crippen molar-refractivity contribution in [1.82, 2.24) is 5.32 Å². The standard InChI is InChI=1S/C19H31NO2/c1-5-13(3)20-11-15-14-9-16-12(2)7-6-8-19(16,4)10-17(14)22-18(15)21/h13-17,20H,2,5-11H2,1,3-4H3/t13-,14+,15+,16+,17+,19+/m0/s1. The Kier molecular flexibility index (Phi) is 4.37. The van der Waals surface area contributed by atoms with Crippen molar-refractivity contribution in [2.75, 3.05) is 6.54 Å². The van der Waals surface area contributed by atoms with E-state index in [0.717, 1.165) is 25.8 Å². The molecule has 0 radical (unpaired) electrons. The second-order valence-corrected chi connectivity index (χ2v) is 8.12. The highest BCUT2D eigenvalue weighted by Gasteiger charge is 2.54. The summed E-state index contributed by atoms with van der Waals surface area (Å²) in [5.41, 5.74) is 1.72. The molecular formula is C19H31NO2. The molecule has 22 heavy (non-hydrogen) atoms. The molecule has 1 saturated heterocycles. The highest BCUT2D eigenvalue weighted by molar-refractivity contribution is 5.75. The average Bonchev–Trinajstić information content (AvgIpc) is 2.77. The lowest BCUT2D eigenvalue weighted by Gasteiger charge is -2.50. The predicted octanol–water partition coefficient (Wildman–Crippen LogP) is 3.69. The summed E-state index contributed by atoms with van der Waals surface area (Å²) in [6.45, 7) is 11.9. The Hall–Kier alpha value is -0.830. The number of allylic oxidation sites excluding steroid dienone is 1. The molecule has 2 aliphatic carbocycles. The van der Waals surface area contributed by atoms with Crippen molar-refractivity contribution in [3.63, 3.8) is 0 Å². The molecule has 0 aromatic rings. The summed E-state index contributed by atoms with van der Waals surface area (Å²) < 4.78 is 5.78. The Bertz CT molecular complexity index is 460. The number of hydrogen-bond acceptors (Lipinski definition) is 3. The number of fused-ring (bicyclic) bond motifs is 2. The zero-order valence-corrected chi connectivity index (χ0v) is 14.4. The van der Waals surface area contributed by atoms with Crippen LogP contribution in [0.15, 0.2) is 12.2 Å². The number of hydrogen-bond donors (Lipinski definition) is 1. The first-order valence-corrected chi connectivity index (χ1v) is 9.06. The minimum atomic E-state index is 0.0265. The molecule has 0 unspecified atom stereocenters. The summed E-state index contributed by atoms with van der Waals surface area (Å²) in [5, 5.41) is 3.51. The normalized spacial score (nSPS) is 42.5. The zero-order valence-electron chi connectivity index (χ0n) is 14.4. The second kappa shape index (κ2) is 5.99. The molecule has 0 bridgehead atoms. The number of carbonyl (C=O) groups excluding carboxylic acids is 1. The van der Waals surface area contributed by atoms with Crippen LogP contribution in [0.1, 0.15) is 59.3 Å². The Morgan fingerprint density at radius 1 is 1.50 bits per heavy atom. The SMILES string of the molecule is C=C1CCC[C@]2(C)C[C@H]3OC(=O)[C@H](CN[C@@H](C)CC)[C@H]3C[C@H]12. The summed E-state index contributed by atoms with van der Waals surface area (Å²) in [6.07, 6.45) is 7.04. The lowest BCUT2D eigenvalue weighted by Crippen LogP contribution is -2.45. The van der Waals surface area contributed by atoms with Crippen molar-refractivity contribution in [3.8, 4) is 0 Å². The van der Waals surface area contributed by atoms with Crippen LogP contribution in [0.5, 0.6) is 0 Å². The van der Waals surface area contributed by atoms with Crippen molar-refractivity contribution >= 4 is 5.97 Å². The summed E-state index contributed by atoms with van der Waals surface area (Å²) >= 11 is 0. The van der Waals surface area contributed by atoms with E-state index < -0.39 is 0 Å². The number of rotatable bonds is 4. The lowest BCUT2D eigenvalue weighted by molar-refractivity contribution is -0.146. The highest BCUT2D eigenvalue weighted by atomic mass is 16.6. The topological polar surface area (TPSA) is 38.3 Å². The molecule has 1 N–H and O–H groups in total. The van der Waals surface area contributed by atoms with Gasteiger partial charge in [-0.2, -0.15) is 0 Å². The maximum atomic E-state index is 12.3. The molecule has 3 rings (SSSR count). The summed E-state index contributed by atoms with van der Waals surface area (Å²) in [6, 6.07) is 0.463. The molecule has 0 aromatic heterocycles. The number of carbonyl (C=O) groups is 1. The molecule has 2 saturated carbocycles. The van der Waals surface area contributed by atoms with Crippen LogP contribution in [0.3, 0.4) is 0 Å². The van der Waals surface area contributed by atoms with Gasteiger partial charge in [0.15, 0.2) is 0 Å². The van der Waals surface area contributed by atoms with E-state index in [9.17, 15) is 4.79 Å². The molecule has 3 aliphatic rings. The van der Waals surface area contributed by atoms with Crippen LogP contribution in [0, 0.1) is 23.2 Å². The van der Waals surface area contributed by atoms with Crippen LogP contribution < -0.4 is 5.32 Å². The van der Waals surface area contributed by atoms with E-state index in [1.165, 1.54) is 24.8 Å². The summed E-state index contributed by atoms with van der Waals surface area (Å²) in [4.78, 5) is 12.3. The Morgan fingerprint density at radius 3 is 3.00 bits per heavy atom. The quantitative estimate of drug-likeness (QED) is 0.636. The van der Waals surface area contributed by atoms with Gasteiger partial charge in [-0.05, 0) is 56.8 Å². The molecule has 3 heteroatoms. The minimum Gasteiger partial charge on any atom is -0.462 e. The summed E-state index contributed by atoms with van der Waals surface area (Å²) in [5.74, 6) is 1.04. The fourth-order valence-electron chi connectivity index (χ4n) is 4.96. The van der Waals surface area contributed by atoms with Gasteiger partial charge in [-0.1, -0.05) is 26.0 Å². The van der Waals surface area contributed by atoms with Gasteiger partial charge in [0.2, 0.25) is 0 Å². The maximum Gasteiger partial charge on any atom is 0.310 e. The van der Waals surface area contributed by atoms with E-state index in [1.54, 1.807) is 0 Å². The largest absolute Gasteiger partial charge is 0.462 e. The van der Waals surface area contributed by atoms with E-state index in [0.29, 0.717) is 23.3 Å². The molecule has 3 fully saturated rings. The Balaban J connectivity index is 1.73. The van der Waals surface area contributed by atoms with Crippen LogP contribution in [0.4, 0.5) is 0 Å². The van der Waals surface area contributed by atoms with E-state index in [4.69, 9.17) is 4.74 Å². The van der Waals surface area contributed by atoms with Gasteiger partial charge in [0.1, 0.15) is 6.10 Å². The third kappa shape index (κ3) is 2.73. The monoisotopic (exact) mass is 305 g/mol. The molecule has 0 aromatic carbocycles. The fraction of sp³-hybridized carbons (Fsp3) is 0.842. The molecular weight excluding hydrogens is 274 g/mol. The van der Waals surface area contributed by atoms with Crippen molar-refractivity contribution in [2.24, 2.45) is 23.2 Å². The Morgan fingerprint density at radius 2 is 2.27 bits per heavy atom. The maximum absolute atomic E-state index is 12.3. The molecule has 3 nitrogen and oxygen atoms in total. The third-order valence-corrected chi connectivity index (χ3v) is 6.62. The van der Waals surface area contributed by atoms with Gasteiger partial charge in [-0.15, -0.1) is 0 Å². The van der Waals surface area contributed by atoms with Crippen molar-refractivity contribution in [2.45, 2.75) is 71.4 Å².